The molecule has 0 aliphatic carbocycles. The van der Waals surface area contributed by atoms with E-state index in [4.69, 9.17) is 0 Å². The van der Waals surface area contributed by atoms with Gasteiger partial charge in [0.05, 0.1) is 6.42 Å². The Hall–Kier alpha value is -1.39. The summed E-state index contributed by atoms with van der Waals surface area (Å²) in [5, 5.41) is 3.16. The molecule has 0 aromatic heterocycles. The number of amides is 1. The lowest BCUT2D eigenvalue weighted by Crippen LogP contribution is -2.22. The Bertz CT molecular complexity index is 459. The highest BCUT2D eigenvalue weighted by atomic mass is 16.2. The highest BCUT2D eigenvalue weighted by molar-refractivity contribution is 6.00. The highest BCUT2D eigenvalue weighted by Crippen LogP contribution is 2.28. The van der Waals surface area contributed by atoms with Gasteiger partial charge in [-0.25, -0.2) is 0 Å². The van der Waals surface area contributed by atoms with Crippen LogP contribution in [0.2, 0.25) is 0 Å². The zero-order valence-corrected chi connectivity index (χ0v) is 12.1. The van der Waals surface area contributed by atoms with E-state index in [-0.39, 0.29) is 5.91 Å². The molecular weight excluding hydrogens is 238 g/mol. The normalized spacial score (nSPS) is 14.3. The number of hydrogen-bond acceptors (Lipinski definition) is 3. The maximum absolute atomic E-state index is 11.6. The predicted octanol–water partition coefficient (Wildman–Crippen LogP) is 1.25. The van der Waals surface area contributed by atoms with Crippen LogP contribution in [0.25, 0.3) is 0 Å². The van der Waals surface area contributed by atoms with Crippen LogP contribution in [-0.4, -0.2) is 45.0 Å². The monoisotopic (exact) mass is 261 g/mol. The van der Waals surface area contributed by atoms with Crippen LogP contribution in [0.4, 0.5) is 5.69 Å². The van der Waals surface area contributed by atoms with Crippen molar-refractivity contribution in [1.29, 1.82) is 0 Å². The van der Waals surface area contributed by atoms with Crippen molar-refractivity contribution in [3.8, 4) is 0 Å². The van der Waals surface area contributed by atoms with Crippen LogP contribution in [0.3, 0.4) is 0 Å². The third-order valence-electron chi connectivity index (χ3n) is 3.64. The van der Waals surface area contributed by atoms with Gasteiger partial charge in [-0.3, -0.25) is 4.79 Å². The van der Waals surface area contributed by atoms with Crippen molar-refractivity contribution in [2.24, 2.45) is 0 Å². The van der Waals surface area contributed by atoms with E-state index in [1.54, 1.807) is 4.90 Å². The number of rotatable bonds is 6. The molecule has 0 atom stereocenters. The van der Waals surface area contributed by atoms with E-state index in [2.05, 4.69) is 35.5 Å². The van der Waals surface area contributed by atoms with E-state index < -0.39 is 0 Å². The van der Waals surface area contributed by atoms with Crippen LogP contribution in [0.15, 0.2) is 18.2 Å². The minimum absolute atomic E-state index is 0.189. The van der Waals surface area contributed by atoms with Crippen molar-refractivity contribution in [2.45, 2.75) is 19.4 Å². The van der Waals surface area contributed by atoms with Crippen molar-refractivity contribution in [3.63, 3.8) is 0 Å². The summed E-state index contributed by atoms with van der Waals surface area (Å²) in [4.78, 5) is 15.7. The number of carbonyl (C=O) groups excluding carboxylic acids is 1. The third-order valence-corrected chi connectivity index (χ3v) is 3.64. The number of hydrogen-bond donors (Lipinski definition) is 1. The van der Waals surface area contributed by atoms with Crippen molar-refractivity contribution < 1.29 is 4.79 Å². The lowest BCUT2D eigenvalue weighted by atomic mass is 10.1. The first-order chi connectivity index (χ1) is 9.11. The van der Waals surface area contributed by atoms with Crippen molar-refractivity contribution in [3.05, 3.63) is 29.3 Å². The molecule has 1 N–H and O–H groups in total. The molecule has 1 heterocycles. The van der Waals surface area contributed by atoms with Gasteiger partial charge in [-0.2, -0.15) is 0 Å². The van der Waals surface area contributed by atoms with Crippen LogP contribution in [0, 0.1) is 0 Å². The summed E-state index contributed by atoms with van der Waals surface area (Å²) < 4.78 is 0. The molecule has 0 saturated heterocycles. The number of likely N-dealkylation sites (N-methyl/N-ethyl adjacent to an activating group) is 1. The third kappa shape index (κ3) is 3.33. The van der Waals surface area contributed by atoms with Crippen LogP contribution in [0.5, 0.6) is 0 Å². The second-order valence-corrected chi connectivity index (χ2v) is 5.29. The van der Waals surface area contributed by atoms with E-state index in [0.29, 0.717) is 6.42 Å². The molecule has 0 bridgehead atoms. The molecule has 1 aliphatic heterocycles. The summed E-state index contributed by atoms with van der Waals surface area (Å²) in [7, 11) is 5.96. The van der Waals surface area contributed by atoms with Crippen molar-refractivity contribution in [2.75, 3.05) is 39.1 Å². The van der Waals surface area contributed by atoms with Crippen LogP contribution < -0.4 is 10.2 Å². The first-order valence-corrected chi connectivity index (χ1v) is 6.83. The molecule has 104 valence electrons. The smallest absolute Gasteiger partial charge is 0.231 e. The fourth-order valence-corrected chi connectivity index (χ4v) is 2.54. The Kier molecular flexibility index (Phi) is 4.56. The summed E-state index contributed by atoms with van der Waals surface area (Å²) in [6, 6.07) is 6.37. The number of nitrogens with one attached hydrogen (secondary N) is 1. The minimum atomic E-state index is 0.189. The zero-order chi connectivity index (χ0) is 13.8. The highest BCUT2D eigenvalue weighted by Gasteiger charge is 2.23. The van der Waals surface area contributed by atoms with Gasteiger partial charge in [-0.1, -0.05) is 12.1 Å². The van der Waals surface area contributed by atoms with Gasteiger partial charge in [0.15, 0.2) is 0 Å². The fourth-order valence-electron chi connectivity index (χ4n) is 2.54. The topological polar surface area (TPSA) is 35.6 Å². The van der Waals surface area contributed by atoms with Crippen LogP contribution in [-0.2, 0) is 17.8 Å². The molecule has 0 fully saturated rings. The molecule has 0 radical (unpaired) electrons. The summed E-state index contributed by atoms with van der Waals surface area (Å²) in [6.45, 7) is 3.07. The average Bonchev–Trinajstić information content (AvgIpc) is 2.65. The molecule has 19 heavy (non-hydrogen) atoms. The lowest BCUT2D eigenvalue weighted by molar-refractivity contribution is -0.117. The molecule has 0 spiro atoms. The Morgan fingerprint density at radius 2 is 2.21 bits per heavy atom. The first kappa shape index (κ1) is 14.0. The zero-order valence-electron chi connectivity index (χ0n) is 12.1. The summed E-state index contributed by atoms with van der Waals surface area (Å²) >= 11 is 0. The quantitative estimate of drug-likeness (QED) is 0.783. The van der Waals surface area contributed by atoms with Gasteiger partial charge >= 0.3 is 0 Å². The van der Waals surface area contributed by atoms with Crippen molar-refractivity contribution >= 4 is 11.6 Å². The molecule has 1 aromatic carbocycles. The van der Waals surface area contributed by atoms with E-state index in [1.165, 1.54) is 5.56 Å². The van der Waals surface area contributed by atoms with Gasteiger partial charge in [0.2, 0.25) is 5.91 Å². The Balaban J connectivity index is 1.96. The number of benzene rings is 1. The number of carbonyl (C=O) groups is 1. The standard InChI is InChI=1S/C15H23N3O/c1-16-7-4-8-17(2)11-12-5-6-14-13(9-12)10-15(19)18(14)3/h5-6,9,16H,4,7-8,10-11H2,1-3H3. The molecule has 4 nitrogen and oxygen atoms in total. The molecule has 1 aliphatic rings. The summed E-state index contributed by atoms with van der Waals surface area (Å²) in [6.07, 6.45) is 1.70. The average molecular weight is 261 g/mol. The van der Waals surface area contributed by atoms with Gasteiger partial charge in [0.25, 0.3) is 0 Å². The van der Waals surface area contributed by atoms with E-state index >= 15 is 0 Å². The molecule has 0 unspecified atom stereocenters. The second kappa shape index (κ2) is 6.17. The van der Waals surface area contributed by atoms with Gasteiger partial charge in [-0.05, 0) is 50.8 Å². The SMILES string of the molecule is CNCCCN(C)Cc1ccc2c(c1)CC(=O)N2C. The number of nitrogens with zero attached hydrogens (tertiary/aromatic N) is 2. The Morgan fingerprint density at radius 1 is 1.42 bits per heavy atom. The van der Waals surface area contributed by atoms with Gasteiger partial charge < -0.3 is 15.1 Å². The lowest BCUT2D eigenvalue weighted by Gasteiger charge is -2.17. The summed E-state index contributed by atoms with van der Waals surface area (Å²) in [5.74, 6) is 0.189. The maximum Gasteiger partial charge on any atom is 0.231 e. The Morgan fingerprint density at radius 3 is 2.95 bits per heavy atom. The van der Waals surface area contributed by atoms with Gasteiger partial charge in [0.1, 0.15) is 0 Å². The number of anilines is 1. The molecule has 4 heteroatoms. The molecule has 2 rings (SSSR count). The molecule has 1 amide bonds. The van der Waals surface area contributed by atoms with Gasteiger partial charge in [0, 0.05) is 19.3 Å². The second-order valence-electron chi connectivity index (χ2n) is 5.29. The molecule has 1 aromatic rings. The predicted molar refractivity (Wildman–Crippen MR) is 78.4 cm³/mol. The van der Waals surface area contributed by atoms with E-state index in [1.807, 2.05) is 14.1 Å². The largest absolute Gasteiger partial charge is 0.320 e. The fraction of sp³-hybridized carbons (Fsp3) is 0.533. The van der Waals surface area contributed by atoms with E-state index in [0.717, 1.165) is 37.3 Å². The van der Waals surface area contributed by atoms with Crippen LogP contribution in [0.1, 0.15) is 17.5 Å². The van der Waals surface area contributed by atoms with Gasteiger partial charge in [-0.15, -0.1) is 0 Å². The first-order valence-electron chi connectivity index (χ1n) is 6.83. The Labute approximate surface area is 115 Å². The molecule has 0 saturated carbocycles. The molecular formula is C15H23N3O. The maximum atomic E-state index is 11.6. The van der Waals surface area contributed by atoms with E-state index in [9.17, 15) is 4.79 Å². The van der Waals surface area contributed by atoms with Crippen molar-refractivity contribution in [1.82, 2.24) is 10.2 Å². The summed E-state index contributed by atoms with van der Waals surface area (Å²) in [5.41, 5.74) is 3.51. The van der Waals surface area contributed by atoms with Crippen LogP contribution >= 0.6 is 0 Å². The number of fused-ring (bicyclic) bond motifs is 1. The minimum Gasteiger partial charge on any atom is -0.320 e.